The van der Waals surface area contributed by atoms with Crippen LogP contribution in [0.4, 0.5) is 11.6 Å². The number of aromatic nitrogens is 3. The Bertz CT molecular complexity index is 680. The molecule has 0 atom stereocenters. The molecule has 0 spiro atoms. The first kappa shape index (κ1) is 13.5. The van der Waals surface area contributed by atoms with Crippen molar-refractivity contribution < 1.29 is 0 Å². The van der Waals surface area contributed by atoms with Crippen LogP contribution in [0.5, 0.6) is 0 Å². The summed E-state index contributed by atoms with van der Waals surface area (Å²) in [6, 6.07) is 6.84. The second kappa shape index (κ2) is 5.55. The van der Waals surface area contributed by atoms with E-state index in [0.717, 1.165) is 43.3 Å². The monoisotopic (exact) mass is 295 g/mol. The first-order valence-corrected chi connectivity index (χ1v) is 8.07. The number of fused-ring (bicyclic) bond motifs is 1. The fourth-order valence-corrected chi connectivity index (χ4v) is 3.01. The van der Waals surface area contributed by atoms with Crippen LogP contribution >= 0.6 is 0 Å². The van der Waals surface area contributed by atoms with E-state index in [-0.39, 0.29) is 0 Å². The number of aryl methyl sites for hydroxylation is 1. The van der Waals surface area contributed by atoms with E-state index in [0.29, 0.717) is 6.04 Å². The standard InChI is InChI=1S/C17H21N5/c1-12-3-2-4-16(20-12)22-9-7-14-15(8-10-22)18-11-19-17(14)21-13-5-6-13/h2-4,11,13H,5-10H2,1H3,(H,18,19,21). The Labute approximate surface area is 130 Å². The Hall–Kier alpha value is -2.17. The molecule has 3 heterocycles. The SMILES string of the molecule is Cc1cccc(N2CCc3ncnc(NC4CC4)c3CC2)n1. The summed E-state index contributed by atoms with van der Waals surface area (Å²) in [6.07, 6.45) is 6.15. The molecule has 1 fully saturated rings. The summed E-state index contributed by atoms with van der Waals surface area (Å²) >= 11 is 0. The Morgan fingerprint density at radius 1 is 1.14 bits per heavy atom. The van der Waals surface area contributed by atoms with Crippen molar-refractivity contribution >= 4 is 11.6 Å². The van der Waals surface area contributed by atoms with Gasteiger partial charge in [-0.05, 0) is 38.3 Å². The van der Waals surface area contributed by atoms with Crippen molar-refractivity contribution in [2.45, 2.75) is 38.6 Å². The number of pyridine rings is 1. The van der Waals surface area contributed by atoms with Gasteiger partial charge in [-0.25, -0.2) is 15.0 Å². The van der Waals surface area contributed by atoms with Gasteiger partial charge in [-0.2, -0.15) is 0 Å². The van der Waals surface area contributed by atoms with Crippen LogP contribution < -0.4 is 10.2 Å². The summed E-state index contributed by atoms with van der Waals surface area (Å²) in [5, 5.41) is 3.55. The molecule has 1 saturated carbocycles. The molecule has 2 aromatic rings. The van der Waals surface area contributed by atoms with E-state index in [9.17, 15) is 0 Å². The Morgan fingerprint density at radius 3 is 2.82 bits per heavy atom. The van der Waals surface area contributed by atoms with Crippen LogP contribution in [-0.4, -0.2) is 34.1 Å². The van der Waals surface area contributed by atoms with Gasteiger partial charge in [-0.3, -0.25) is 0 Å². The van der Waals surface area contributed by atoms with Crippen LogP contribution in [0.1, 0.15) is 29.8 Å². The lowest BCUT2D eigenvalue weighted by Gasteiger charge is -2.21. The highest BCUT2D eigenvalue weighted by Crippen LogP contribution is 2.28. The van der Waals surface area contributed by atoms with Gasteiger partial charge in [-0.15, -0.1) is 0 Å². The highest BCUT2D eigenvalue weighted by molar-refractivity contribution is 5.50. The molecule has 2 aliphatic rings. The van der Waals surface area contributed by atoms with Gasteiger partial charge >= 0.3 is 0 Å². The predicted molar refractivity (Wildman–Crippen MR) is 87.3 cm³/mol. The van der Waals surface area contributed by atoms with Crippen LogP contribution in [0.15, 0.2) is 24.5 Å². The summed E-state index contributed by atoms with van der Waals surface area (Å²) in [6.45, 7) is 3.97. The second-order valence-electron chi connectivity index (χ2n) is 6.19. The van der Waals surface area contributed by atoms with Gasteiger partial charge in [0.1, 0.15) is 18.0 Å². The summed E-state index contributed by atoms with van der Waals surface area (Å²) in [5.41, 5.74) is 3.55. The van der Waals surface area contributed by atoms with E-state index in [1.807, 2.05) is 13.0 Å². The van der Waals surface area contributed by atoms with Crippen molar-refractivity contribution in [1.82, 2.24) is 15.0 Å². The largest absolute Gasteiger partial charge is 0.367 e. The van der Waals surface area contributed by atoms with Crippen LogP contribution in [-0.2, 0) is 12.8 Å². The van der Waals surface area contributed by atoms with E-state index < -0.39 is 0 Å². The van der Waals surface area contributed by atoms with E-state index in [1.165, 1.54) is 24.1 Å². The molecular weight excluding hydrogens is 274 g/mol. The fraction of sp³-hybridized carbons (Fsp3) is 0.471. The average Bonchev–Trinajstić information content (AvgIpc) is 3.34. The first-order valence-electron chi connectivity index (χ1n) is 8.07. The van der Waals surface area contributed by atoms with Gasteiger partial charge in [0.2, 0.25) is 0 Å². The van der Waals surface area contributed by atoms with Gasteiger partial charge < -0.3 is 10.2 Å². The molecule has 0 amide bonds. The van der Waals surface area contributed by atoms with E-state index in [2.05, 4.69) is 37.3 Å². The van der Waals surface area contributed by atoms with Crippen LogP contribution in [0.3, 0.4) is 0 Å². The van der Waals surface area contributed by atoms with Crippen molar-refractivity contribution in [3.63, 3.8) is 0 Å². The predicted octanol–water partition coefficient (Wildman–Crippen LogP) is 2.36. The number of hydrogen-bond acceptors (Lipinski definition) is 5. The Kier molecular flexibility index (Phi) is 3.41. The fourth-order valence-electron chi connectivity index (χ4n) is 3.01. The number of nitrogens with one attached hydrogen (secondary N) is 1. The highest BCUT2D eigenvalue weighted by Gasteiger charge is 2.25. The second-order valence-corrected chi connectivity index (χ2v) is 6.19. The summed E-state index contributed by atoms with van der Waals surface area (Å²) in [7, 11) is 0. The molecule has 4 rings (SSSR count). The smallest absolute Gasteiger partial charge is 0.133 e. The van der Waals surface area contributed by atoms with Crippen molar-refractivity contribution in [2.24, 2.45) is 0 Å². The molecule has 5 nitrogen and oxygen atoms in total. The number of hydrogen-bond donors (Lipinski definition) is 1. The van der Waals surface area contributed by atoms with E-state index >= 15 is 0 Å². The quantitative estimate of drug-likeness (QED) is 0.942. The molecule has 1 N–H and O–H groups in total. The normalized spacial score (nSPS) is 17.8. The number of anilines is 2. The third-order valence-corrected chi connectivity index (χ3v) is 4.40. The Morgan fingerprint density at radius 2 is 2.00 bits per heavy atom. The average molecular weight is 295 g/mol. The van der Waals surface area contributed by atoms with Gasteiger partial charge in [0.05, 0.1) is 5.69 Å². The van der Waals surface area contributed by atoms with Crippen LogP contribution in [0.2, 0.25) is 0 Å². The lowest BCUT2D eigenvalue weighted by Crippen LogP contribution is -2.27. The maximum Gasteiger partial charge on any atom is 0.133 e. The molecule has 114 valence electrons. The highest BCUT2D eigenvalue weighted by atomic mass is 15.2. The lowest BCUT2D eigenvalue weighted by molar-refractivity contribution is 0.785. The number of nitrogens with zero attached hydrogens (tertiary/aromatic N) is 4. The minimum atomic E-state index is 0.622. The minimum absolute atomic E-state index is 0.622. The minimum Gasteiger partial charge on any atom is -0.367 e. The molecule has 0 unspecified atom stereocenters. The summed E-state index contributed by atoms with van der Waals surface area (Å²) in [5.74, 6) is 2.11. The van der Waals surface area contributed by atoms with Gasteiger partial charge in [0, 0.05) is 36.8 Å². The molecule has 1 aliphatic heterocycles. The zero-order valence-corrected chi connectivity index (χ0v) is 12.9. The van der Waals surface area contributed by atoms with Gasteiger partial charge in [0.15, 0.2) is 0 Å². The van der Waals surface area contributed by atoms with E-state index in [1.54, 1.807) is 6.33 Å². The summed E-state index contributed by atoms with van der Waals surface area (Å²) in [4.78, 5) is 16.0. The number of rotatable bonds is 3. The molecule has 0 bridgehead atoms. The van der Waals surface area contributed by atoms with Crippen molar-refractivity contribution in [3.05, 3.63) is 41.5 Å². The molecular formula is C17H21N5. The van der Waals surface area contributed by atoms with Crippen molar-refractivity contribution in [3.8, 4) is 0 Å². The lowest BCUT2D eigenvalue weighted by atomic mass is 10.1. The van der Waals surface area contributed by atoms with Crippen LogP contribution in [0, 0.1) is 6.92 Å². The molecule has 1 aliphatic carbocycles. The molecule has 0 aromatic carbocycles. The maximum atomic E-state index is 4.66. The van der Waals surface area contributed by atoms with Crippen molar-refractivity contribution in [2.75, 3.05) is 23.3 Å². The summed E-state index contributed by atoms with van der Waals surface area (Å²) < 4.78 is 0. The van der Waals surface area contributed by atoms with Gasteiger partial charge in [0.25, 0.3) is 0 Å². The third-order valence-electron chi connectivity index (χ3n) is 4.40. The zero-order chi connectivity index (χ0) is 14.9. The topological polar surface area (TPSA) is 53.9 Å². The molecule has 2 aromatic heterocycles. The zero-order valence-electron chi connectivity index (χ0n) is 12.9. The molecule has 5 heteroatoms. The maximum absolute atomic E-state index is 4.66. The molecule has 22 heavy (non-hydrogen) atoms. The van der Waals surface area contributed by atoms with E-state index in [4.69, 9.17) is 0 Å². The first-order chi connectivity index (χ1) is 10.8. The van der Waals surface area contributed by atoms with Crippen molar-refractivity contribution in [1.29, 1.82) is 0 Å². The van der Waals surface area contributed by atoms with Crippen LogP contribution in [0.25, 0.3) is 0 Å². The Balaban J connectivity index is 1.57. The third kappa shape index (κ3) is 2.75. The molecule has 0 radical (unpaired) electrons. The van der Waals surface area contributed by atoms with Gasteiger partial charge in [-0.1, -0.05) is 6.07 Å². The molecule has 0 saturated heterocycles.